The van der Waals surface area contributed by atoms with Gasteiger partial charge < -0.3 is 19.6 Å². The summed E-state index contributed by atoms with van der Waals surface area (Å²) in [6.45, 7) is 10.0. The molecule has 1 rings (SSSR count). The van der Waals surface area contributed by atoms with Gasteiger partial charge in [-0.3, -0.25) is 4.79 Å². The fourth-order valence-electron chi connectivity index (χ4n) is 2.34. The molecule has 116 valence electrons. The monoisotopic (exact) mass is 286 g/mol. The van der Waals surface area contributed by atoms with Gasteiger partial charge in [0.1, 0.15) is 0 Å². The third kappa shape index (κ3) is 5.00. The molecule has 0 unspecified atom stereocenters. The molecular weight excluding hydrogens is 260 g/mol. The molecule has 0 aromatic rings. The molecule has 20 heavy (non-hydrogen) atoms. The highest BCUT2D eigenvalue weighted by Gasteiger charge is 2.32. The van der Waals surface area contributed by atoms with E-state index in [0.29, 0.717) is 32.7 Å². The van der Waals surface area contributed by atoms with Crippen molar-refractivity contribution >= 4 is 12.0 Å². The third-order valence-corrected chi connectivity index (χ3v) is 3.35. The van der Waals surface area contributed by atoms with E-state index in [0.717, 1.165) is 0 Å². The van der Waals surface area contributed by atoms with E-state index in [1.165, 1.54) is 0 Å². The van der Waals surface area contributed by atoms with Gasteiger partial charge in [0.2, 0.25) is 0 Å². The van der Waals surface area contributed by atoms with Gasteiger partial charge in [0.05, 0.1) is 18.8 Å². The summed E-state index contributed by atoms with van der Waals surface area (Å²) in [6.07, 6.45) is 0.568. The van der Waals surface area contributed by atoms with Crippen molar-refractivity contribution in [3.8, 4) is 0 Å². The van der Waals surface area contributed by atoms with Crippen LogP contribution in [-0.4, -0.2) is 64.8 Å². The van der Waals surface area contributed by atoms with Crippen LogP contribution < -0.4 is 0 Å². The number of carbonyl (C=O) groups excluding carboxylic acids is 1. The molecular formula is C14H26N2O4. The molecule has 6 heteroatoms. The Morgan fingerprint density at radius 2 is 2.05 bits per heavy atom. The number of hydrogen-bond donors (Lipinski definition) is 1. The zero-order chi connectivity index (χ0) is 15.3. The molecule has 0 saturated carbocycles. The van der Waals surface area contributed by atoms with Crippen molar-refractivity contribution in [3.05, 3.63) is 0 Å². The van der Waals surface area contributed by atoms with Crippen molar-refractivity contribution in [2.75, 3.05) is 26.2 Å². The number of carbonyl (C=O) groups is 2. The molecule has 0 bridgehead atoms. The average Bonchev–Trinajstić information content (AvgIpc) is 2.31. The second kappa shape index (κ2) is 6.92. The van der Waals surface area contributed by atoms with Gasteiger partial charge in [0, 0.05) is 25.6 Å². The molecule has 2 amide bonds. The molecule has 0 aromatic heterocycles. The lowest BCUT2D eigenvalue weighted by molar-refractivity contribution is -0.137. The van der Waals surface area contributed by atoms with E-state index in [9.17, 15) is 9.59 Å². The Kier molecular flexibility index (Phi) is 5.80. The SMILES string of the molecule is CC(C)N(CCCC(=O)O)C(=O)N1CCOC(C)(C)C1. The number of carboxylic acid groups (broad SMARTS) is 1. The maximum absolute atomic E-state index is 12.6. The molecule has 1 N–H and O–H groups in total. The Hall–Kier alpha value is -1.30. The molecule has 0 aromatic carbocycles. The normalized spacial score (nSPS) is 18.1. The standard InChI is InChI=1S/C14H26N2O4/c1-11(2)16(7-5-6-12(17)18)13(19)15-8-9-20-14(3,4)10-15/h11H,5-10H2,1-4H3,(H,17,18). The summed E-state index contributed by atoms with van der Waals surface area (Å²) >= 11 is 0. The minimum Gasteiger partial charge on any atom is -0.481 e. The Balaban J connectivity index is 2.61. The average molecular weight is 286 g/mol. The van der Waals surface area contributed by atoms with Crippen molar-refractivity contribution in [1.82, 2.24) is 9.80 Å². The maximum atomic E-state index is 12.6. The summed E-state index contributed by atoms with van der Waals surface area (Å²) in [5.74, 6) is -0.825. The van der Waals surface area contributed by atoms with Crippen LogP contribution in [0.5, 0.6) is 0 Å². The first-order chi connectivity index (χ1) is 9.23. The molecule has 0 atom stereocenters. The summed E-state index contributed by atoms with van der Waals surface area (Å²) in [7, 11) is 0. The van der Waals surface area contributed by atoms with Gasteiger partial charge in [0.25, 0.3) is 0 Å². The molecule has 0 aliphatic carbocycles. The molecule has 1 heterocycles. The van der Waals surface area contributed by atoms with Crippen LogP contribution in [0.1, 0.15) is 40.5 Å². The van der Waals surface area contributed by atoms with Crippen LogP contribution in [0.25, 0.3) is 0 Å². The second-order valence-corrected chi connectivity index (χ2v) is 6.10. The van der Waals surface area contributed by atoms with Gasteiger partial charge in [-0.2, -0.15) is 0 Å². The highest BCUT2D eigenvalue weighted by molar-refractivity contribution is 5.75. The van der Waals surface area contributed by atoms with Gasteiger partial charge in [-0.25, -0.2) is 4.79 Å². The maximum Gasteiger partial charge on any atom is 0.320 e. The smallest absolute Gasteiger partial charge is 0.320 e. The number of ether oxygens (including phenoxy) is 1. The molecule has 0 spiro atoms. The van der Waals surface area contributed by atoms with Gasteiger partial charge in [-0.05, 0) is 34.1 Å². The van der Waals surface area contributed by atoms with E-state index in [4.69, 9.17) is 9.84 Å². The van der Waals surface area contributed by atoms with Gasteiger partial charge in [-0.15, -0.1) is 0 Å². The lowest BCUT2D eigenvalue weighted by Crippen LogP contribution is -2.55. The molecule has 0 radical (unpaired) electrons. The number of hydrogen-bond acceptors (Lipinski definition) is 3. The van der Waals surface area contributed by atoms with Crippen LogP contribution in [0.2, 0.25) is 0 Å². The Labute approximate surface area is 120 Å². The van der Waals surface area contributed by atoms with Crippen LogP contribution in [0.15, 0.2) is 0 Å². The largest absolute Gasteiger partial charge is 0.481 e. The first-order valence-electron chi connectivity index (χ1n) is 7.14. The lowest BCUT2D eigenvalue weighted by atomic mass is 10.1. The predicted octanol–water partition coefficient (Wildman–Crippen LogP) is 1.79. The van der Waals surface area contributed by atoms with Crippen LogP contribution in [0.3, 0.4) is 0 Å². The molecule has 1 aliphatic heterocycles. The zero-order valence-electron chi connectivity index (χ0n) is 12.9. The number of rotatable bonds is 5. The summed E-state index contributed by atoms with van der Waals surface area (Å²) in [6, 6.07) is 0.0315. The van der Waals surface area contributed by atoms with Crippen molar-refractivity contribution in [1.29, 1.82) is 0 Å². The minimum absolute atomic E-state index is 0.0261. The van der Waals surface area contributed by atoms with Crippen molar-refractivity contribution in [3.63, 3.8) is 0 Å². The van der Waals surface area contributed by atoms with Crippen molar-refractivity contribution in [2.24, 2.45) is 0 Å². The Morgan fingerprint density at radius 3 is 2.55 bits per heavy atom. The number of carboxylic acids is 1. The second-order valence-electron chi connectivity index (χ2n) is 6.10. The van der Waals surface area contributed by atoms with Gasteiger partial charge in [-0.1, -0.05) is 0 Å². The predicted molar refractivity (Wildman–Crippen MR) is 75.7 cm³/mol. The van der Waals surface area contributed by atoms with E-state index in [2.05, 4.69) is 0 Å². The van der Waals surface area contributed by atoms with E-state index in [1.807, 2.05) is 27.7 Å². The number of amides is 2. The fourth-order valence-corrected chi connectivity index (χ4v) is 2.34. The van der Waals surface area contributed by atoms with Crippen molar-refractivity contribution < 1.29 is 19.4 Å². The number of aliphatic carboxylic acids is 1. The lowest BCUT2D eigenvalue weighted by Gasteiger charge is -2.41. The van der Waals surface area contributed by atoms with E-state index in [1.54, 1.807) is 9.80 Å². The summed E-state index contributed by atoms with van der Waals surface area (Å²) < 4.78 is 5.61. The van der Waals surface area contributed by atoms with Crippen LogP contribution in [-0.2, 0) is 9.53 Å². The summed E-state index contributed by atoms with van der Waals surface area (Å²) in [5.41, 5.74) is -0.322. The van der Waals surface area contributed by atoms with E-state index in [-0.39, 0.29) is 24.1 Å². The fraction of sp³-hybridized carbons (Fsp3) is 0.857. The number of urea groups is 1. The molecule has 1 fully saturated rings. The number of nitrogens with zero attached hydrogens (tertiary/aromatic N) is 2. The molecule has 1 aliphatic rings. The summed E-state index contributed by atoms with van der Waals surface area (Å²) in [4.78, 5) is 26.7. The van der Waals surface area contributed by atoms with Crippen LogP contribution >= 0.6 is 0 Å². The van der Waals surface area contributed by atoms with E-state index >= 15 is 0 Å². The summed E-state index contributed by atoms with van der Waals surface area (Å²) in [5, 5.41) is 8.69. The molecule has 1 saturated heterocycles. The van der Waals surface area contributed by atoms with Crippen LogP contribution in [0, 0.1) is 0 Å². The van der Waals surface area contributed by atoms with Crippen LogP contribution in [0.4, 0.5) is 4.79 Å². The molecule has 6 nitrogen and oxygen atoms in total. The number of morpholine rings is 1. The Morgan fingerprint density at radius 1 is 1.40 bits per heavy atom. The highest BCUT2D eigenvalue weighted by atomic mass is 16.5. The topological polar surface area (TPSA) is 70.1 Å². The Bertz CT molecular complexity index is 355. The quantitative estimate of drug-likeness (QED) is 0.836. The zero-order valence-corrected chi connectivity index (χ0v) is 12.9. The first kappa shape index (κ1) is 16.8. The van der Waals surface area contributed by atoms with Gasteiger partial charge in [0.15, 0.2) is 0 Å². The van der Waals surface area contributed by atoms with E-state index < -0.39 is 5.97 Å². The first-order valence-corrected chi connectivity index (χ1v) is 7.14. The van der Waals surface area contributed by atoms with Gasteiger partial charge >= 0.3 is 12.0 Å². The van der Waals surface area contributed by atoms with Crippen molar-refractivity contribution in [2.45, 2.75) is 52.2 Å². The minimum atomic E-state index is -0.825. The highest BCUT2D eigenvalue weighted by Crippen LogP contribution is 2.18. The third-order valence-electron chi connectivity index (χ3n) is 3.35.